The van der Waals surface area contributed by atoms with Crippen LogP contribution in [0.2, 0.25) is 5.15 Å². The van der Waals surface area contributed by atoms with Crippen molar-refractivity contribution < 1.29 is 5.11 Å². The van der Waals surface area contributed by atoms with Crippen LogP contribution in [-0.2, 0) is 0 Å². The van der Waals surface area contributed by atoms with E-state index in [0.29, 0.717) is 16.4 Å². The number of hydrogen-bond donors (Lipinski definition) is 1. The SMILES string of the molecule is Oc1c(-c2ccc(Cl)nn2)ccc2ccccc12. The maximum absolute atomic E-state index is 10.3. The highest BCUT2D eigenvalue weighted by Crippen LogP contribution is 2.34. The van der Waals surface area contributed by atoms with E-state index in [2.05, 4.69) is 10.2 Å². The van der Waals surface area contributed by atoms with Crippen LogP contribution in [0.25, 0.3) is 22.0 Å². The quantitative estimate of drug-likeness (QED) is 0.723. The zero-order valence-electron chi connectivity index (χ0n) is 9.34. The molecule has 0 aliphatic heterocycles. The smallest absolute Gasteiger partial charge is 0.151 e. The summed E-state index contributed by atoms with van der Waals surface area (Å²) < 4.78 is 0. The molecule has 0 atom stereocenters. The summed E-state index contributed by atoms with van der Waals surface area (Å²) in [5.41, 5.74) is 1.25. The first-order valence-electron chi connectivity index (χ1n) is 5.46. The van der Waals surface area contributed by atoms with Gasteiger partial charge in [0, 0.05) is 10.9 Å². The van der Waals surface area contributed by atoms with Crippen molar-refractivity contribution >= 4 is 22.4 Å². The molecule has 0 radical (unpaired) electrons. The standard InChI is InChI=1S/C14H9ClN2O/c15-13-8-7-12(16-17-13)11-6-5-9-3-1-2-4-10(9)14(11)18/h1-8,18H. The molecule has 1 heterocycles. The highest BCUT2D eigenvalue weighted by Gasteiger charge is 2.09. The van der Waals surface area contributed by atoms with Crippen molar-refractivity contribution in [3.63, 3.8) is 0 Å². The van der Waals surface area contributed by atoms with Gasteiger partial charge in [-0.1, -0.05) is 41.9 Å². The molecule has 0 aliphatic rings. The second-order valence-electron chi connectivity index (χ2n) is 3.92. The summed E-state index contributed by atoms with van der Waals surface area (Å²) in [5, 5.41) is 20.1. The molecule has 2 aromatic carbocycles. The average molecular weight is 257 g/mol. The van der Waals surface area contributed by atoms with Crippen molar-refractivity contribution in [3.8, 4) is 17.0 Å². The molecule has 0 amide bonds. The molecular formula is C14H9ClN2O. The summed E-state index contributed by atoms with van der Waals surface area (Å²) in [6.07, 6.45) is 0. The molecule has 0 bridgehead atoms. The lowest BCUT2D eigenvalue weighted by Gasteiger charge is -2.06. The lowest BCUT2D eigenvalue weighted by atomic mass is 10.0. The maximum atomic E-state index is 10.3. The van der Waals surface area contributed by atoms with Gasteiger partial charge in [0.25, 0.3) is 0 Å². The van der Waals surface area contributed by atoms with Crippen LogP contribution in [0.3, 0.4) is 0 Å². The second-order valence-corrected chi connectivity index (χ2v) is 4.31. The number of aromatic hydroxyl groups is 1. The topological polar surface area (TPSA) is 46.0 Å². The Hall–Kier alpha value is -2.13. The van der Waals surface area contributed by atoms with Gasteiger partial charge in [-0.2, -0.15) is 0 Å². The van der Waals surface area contributed by atoms with E-state index in [0.717, 1.165) is 10.8 Å². The van der Waals surface area contributed by atoms with Crippen molar-refractivity contribution in [2.24, 2.45) is 0 Å². The van der Waals surface area contributed by atoms with Gasteiger partial charge in [0.1, 0.15) is 5.75 Å². The molecule has 18 heavy (non-hydrogen) atoms. The van der Waals surface area contributed by atoms with E-state index in [1.807, 2.05) is 36.4 Å². The second kappa shape index (κ2) is 4.27. The zero-order chi connectivity index (χ0) is 12.5. The lowest BCUT2D eigenvalue weighted by Crippen LogP contribution is -1.88. The van der Waals surface area contributed by atoms with Crippen molar-refractivity contribution in [2.45, 2.75) is 0 Å². The fourth-order valence-electron chi connectivity index (χ4n) is 1.92. The minimum absolute atomic E-state index is 0.213. The van der Waals surface area contributed by atoms with Gasteiger partial charge in [-0.15, -0.1) is 10.2 Å². The summed E-state index contributed by atoms with van der Waals surface area (Å²) in [5.74, 6) is 0.213. The van der Waals surface area contributed by atoms with Gasteiger partial charge in [0.2, 0.25) is 0 Å². The monoisotopic (exact) mass is 256 g/mol. The zero-order valence-corrected chi connectivity index (χ0v) is 10.1. The van der Waals surface area contributed by atoms with E-state index in [4.69, 9.17) is 11.6 Å². The Kier molecular flexibility index (Phi) is 2.61. The van der Waals surface area contributed by atoms with Crippen LogP contribution in [-0.4, -0.2) is 15.3 Å². The summed E-state index contributed by atoms with van der Waals surface area (Å²) in [6, 6.07) is 14.8. The van der Waals surface area contributed by atoms with Crippen molar-refractivity contribution in [3.05, 3.63) is 53.7 Å². The number of benzene rings is 2. The number of nitrogens with zero attached hydrogens (tertiary/aromatic N) is 2. The first kappa shape index (κ1) is 11.0. The molecule has 0 unspecified atom stereocenters. The molecule has 3 nitrogen and oxygen atoms in total. The van der Waals surface area contributed by atoms with E-state index in [1.54, 1.807) is 12.1 Å². The van der Waals surface area contributed by atoms with Crippen molar-refractivity contribution in [2.75, 3.05) is 0 Å². The maximum Gasteiger partial charge on any atom is 0.151 e. The van der Waals surface area contributed by atoms with E-state index in [1.165, 1.54) is 0 Å². The lowest BCUT2D eigenvalue weighted by molar-refractivity contribution is 0.483. The molecule has 0 spiro atoms. The van der Waals surface area contributed by atoms with Crippen LogP contribution in [0.4, 0.5) is 0 Å². The summed E-state index contributed by atoms with van der Waals surface area (Å²) in [7, 11) is 0. The first-order valence-corrected chi connectivity index (χ1v) is 5.84. The van der Waals surface area contributed by atoms with Gasteiger partial charge in [-0.3, -0.25) is 0 Å². The third-order valence-electron chi connectivity index (χ3n) is 2.81. The fourth-order valence-corrected chi connectivity index (χ4v) is 2.02. The fraction of sp³-hybridized carbons (Fsp3) is 0. The molecule has 0 aliphatic carbocycles. The summed E-state index contributed by atoms with van der Waals surface area (Å²) in [4.78, 5) is 0. The van der Waals surface area contributed by atoms with Gasteiger partial charge < -0.3 is 5.11 Å². The van der Waals surface area contributed by atoms with E-state index in [9.17, 15) is 5.11 Å². The van der Waals surface area contributed by atoms with Gasteiger partial charge in [0.05, 0.1) is 5.69 Å². The van der Waals surface area contributed by atoms with E-state index in [-0.39, 0.29) is 5.75 Å². The third-order valence-corrected chi connectivity index (χ3v) is 3.01. The highest BCUT2D eigenvalue weighted by atomic mass is 35.5. The molecule has 0 saturated carbocycles. The molecule has 0 fully saturated rings. The summed E-state index contributed by atoms with van der Waals surface area (Å²) in [6.45, 7) is 0. The number of hydrogen-bond acceptors (Lipinski definition) is 3. The van der Waals surface area contributed by atoms with E-state index < -0.39 is 0 Å². The molecule has 88 valence electrons. The Balaban J connectivity index is 2.24. The minimum Gasteiger partial charge on any atom is -0.507 e. The van der Waals surface area contributed by atoms with Crippen LogP contribution >= 0.6 is 11.6 Å². The highest BCUT2D eigenvalue weighted by molar-refractivity contribution is 6.29. The summed E-state index contributed by atoms with van der Waals surface area (Å²) >= 11 is 5.70. The molecular weight excluding hydrogens is 248 g/mol. The van der Waals surface area contributed by atoms with Gasteiger partial charge in [-0.05, 0) is 23.6 Å². The predicted molar refractivity (Wildman–Crippen MR) is 71.6 cm³/mol. The van der Waals surface area contributed by atoms with Gasteiger partial charge >= 0.3 is 0 Å². The van der Waals surface area contributed by atoms with Crippen LogP contribution in [0.5, 0.6) is 5.75 Å². The number of phenols is 1. The van der Waals surface area contributed by atoms with Crippen LogP contribution in [0, 0.1) is 0 Å². The van der Waals surface area contributed by atoms with Gasteiger partial charge in [-0.25, -0.2) is 0 Å². The average Bonchev–Trinajstić information content (AvgIpc) is 2.41. The normalized spacial score (nSPS) is 10.7. The molecule has 4 heteroatoms. The molecule has 3 rings (SSSR count). The number of fused-ring (bicyclic) bond motifs is 1. The van der Waals surface area contributed by atoms with Gasteiger partial charge in [0.15, 0.2) is 5.15 Å². The molecule has 1 aromatic heterocycles. The Bertz CT molecular complexity index is 711. The molecule has 3 aromatic rings. The Morgan fingerprint density at radius 3 is 2.50 bits per heavy atom. The predicted octanol–water partition coefficient (Wildman–Crippen LogP) is 3.66. The number of rotatable bonds is 1. The first-order chi connectivity index (χ1) is 8.75. The van der Waals surface area contributed by atoms with Crippen LogP contribution < -0.4 is 0 Å². The van der Waals surface area contributed by atoms with Crippen LogP contribution in [0.15, 0.2) is 48.5 Å². The van der Waals surface area contributed by atoms with Crippen molar-refractivity contribution in [1.82, 2.24) is 10.2 Å². The van der Waals surface area contributed by atoms with Crippen molar-refractivity contribution in [1.29, 1.82) is 0 Å². The van der Waals surface area contributed by atoms with E-state index >= 15 is 0 Å². The third kappa shape index (κ3) is 1.79. The Labute approximate surface area is 109 Å². The minimum atomic E-state index is 0.213. The number of phenolic OH excluding ortho intramolecular Hbond substituents is 1. The Morgan fingerprint density at radius 2 is 1.72 bits per heavy atom. The molecule has 0 saturated heterocycles. The van der Waals surface area contributed by atoms with Crippen LogP contribution in [0.1, 0.15) is 0 Å². The molecule has 1 N–H and O–H groups in total. The Morgan fingerprint density at radius 1 is 0.889 bits per heavy atom. The largest absolute Gasteiger partial charge is 0.507 e. The number of halogens is 1. The number of aromatic nitrogens is 2.